The number of carbonyl (C=O) groups is 1. The molecular formula is C16H22O4. The molecule has 3 aliphatic rings. The van der Waals surface area contributed by atoms with Gasteiger partial charge in [-0.1, -0.05) is 12.5 Å². The van der Waals surface area contributed by atoms with Crippen LogP contribution in [0.1, 0.15) is 33.6 Å². The molecule has 2 aliphatic carbocycles. The zero-order valence-corrected chi connectivity index (χ0v) is 12.5. The van der Waals surface area contributed by atoms with Crippen LogP contribution in [0.2, 0.25) is 0 Å². The van der Waals surface area contributed by atoms with Crippen LogP contribution in [-0.4, -0.2) is 36.0 Å². The summed E-state index contributed by atoms with van der Waals surface area (Å²) in [4.78, 5) is 11.9. The molecule has 4 heteroatoms. The molecule has 20 heavy (non-hydrogen) atoms. The highest BCUT2D eigenvalue weighted by atomic mass is 16.6. The molecule has 0 radical (unpaired) electrons. The quantitative estimate of drug-likeness (QED) is 0.588. The summed E-state index contributed by atoms with van der Waals surface area (Å²) in [7, 11) is 1.64. The van der Waals surface area contributed by atoms with Gasteiger partial charge in [0, 0.05) is 18.6 Å². The second-order valence-corrected chi connectivity index (χ2v) is 6.32. The fraction of sp³-hybridized carbons (Fsp3) is 0.688. The number of rotatable bonds is 1. The molecule has 0 aromatic carbocycles. The summed E-state index contributed by atoms with van der Waals surface area (Å²) in [6, 6.07) is 0. The molecule has 4 nitrogen and oxygen atoms in total. The van der Waals surface area contributed by atoms with Crippen molar-refractivity contribution >= 4 is 5.97 Å². The van der Waals surface area contributed by atoms with Crippen LogP contribution in [-0.2, 0) is 14.3 Å². The van der Waals surface area contributed by atoms with Crippen LogP contribution < -0.4 is 0 Å². The van der Waals surface area contributed by atoms with Crippen molar-refractivity contribution in [1.82, 2.24) is 0 Å². The smallest absolute Gasteiger partial charge is 0.309 e. The van der Waals surface area contributed by atoms with Gasteiger partial charge in [0.2, 0.25) is 0 Å². The zero-order chi connectivity index (χ0) is 14.7. The molecule has 1 saturated heterocycles. The number of hydrogen-bond donors (Lipinski definition) is 1. The first-order chi connectivity index (χ1) is 9.41. The minimum atomic E-state index is -1.19. The molecular weight excluding hydrogens is 256 g/mol. The van der Waals surface area contributed by atoms with E-state index in [-0.39, 0.29) is 23.9 Å². The Morgan fingerprint density at radius 3 is 2.80 bits per heavy atom. The van der Waals surface area contributed by atoms with Gasteiger partial charge in [0.1, 0.15) is 17.8 Å². The Morgan fingerprint density at radius 2 is 2.15 bits per heavy atom. The Hall–Kier alpha value is -1.13. The number of esters is 1. The molecule has 0 spiro atoms. The number of aliphatic hydroxyl groups is 1. The van der Waals surface area contributed by atoms with Gasteiger partial charge in [0.15, 0.2) is 0 Å². The lowest BCUT2D eigenvalue weighted by Gasteiger charge is -2.35. The predicted molar refractivity (Wildman–Crippen MR) is 74.0 cm³/mol. The third-order valence-electron chi connectivity index (χ3n) is 5.32. The van der Waals surface area contributed by atoms with Gasteiger partial charge in [-0.3, -0.25) is 4.79 Å². The van der Waals surface area contributed by atoms with E-state index >= 15 is 0 Å². The predicted octanol–water partition coefficient (Wildman–Crippen LogP) is 1.98. The first-order valence-electron chi connectivity index (χ1n) is 7.26. The molecule has 1 heterocycles. The number of carbonyl (C=O) groups excluding carboxylic acids is 1. The van der Waals surface area contributed by atoms with Crippen LogP contribution in [0.4, 0.5) is 0 Å². The summed E-state index contributed by atoms with van der Waals surface area (Å²) < 4.78 is 11.1. The number of allylic oxidation sites excluding steroid dienone is 1. The van der Waals surface area contributed by atoms with E-state index in [2.05, 4.69) is 0 Å². The lowest BCUT2D eigenvalue weighted by Crippen LogP contribution is -2.47. The van der Waals surface area contributed by atoms with Crippen molar-refractivity contribution in [3.8, 4) is 0 Å². The molecule has 0 saturated carbocycles. The van der Waals surface area contributed by atoms with E-state index in [0.29, 0.717) is 0 Å². The summed E-state index contributed by atoms with van der Waals surface area (Å²) >= 11 is 0. The molecule has 0 amide bonds. The van der Waals surface area contributed by atoms with Crippen molar-refractivity contribution in [3.63, 3.8) is 0 Å². The fourth-order valence-corrected chi connectivity index (χ4v) is 4.07. The van der Waals surface area contributed by atoms with Crippen LogP contribution in [0.25, 0.3) is 0 Å². The average molecular weight is 278 g/mol. The second-order valence-electron chi connectivity index (χ2n) is 6.32. The van der Waals surface area contributed by atoms with Gasteiger partial charge < -0.3 is 14.6 Å². The number of methoxy groups -OCH3 is 1. The van der Waals surface area contributed by atoms with Crippen molar-refractivity contribution < 1.29 is 19.4 Å². The summed E-state index contributed by atoms with van der Waals surface area (Å²) in [5.74, 6) is -0.273. The molecule has 1 fully saturated rings. The van der Waals surface area contributed by atoms with Crippen molar-refractivity contribution in [2.45, 2.75) is 51.4 Å². The highest BCUT2D eigenvalue weighted by molar-refractivity contribution is 5.76. The minimum absolute atomic E-state index is 0.0684. The monoisotopic (exact) mass is 278 g/mol. The topological polar surface area (TPSA) is 55.8 Å². The normalized spacial score (nSPS) is 43.9. The highest BCUT2D eigenvalue weighted by Crippen LogP contribution is 2.51. The Morgan fingerprint density at radius 1 is 1.45 bits per heavy atom. The van der Waals surface area contributed by atoms with Crippen molar-refractivity contribution in [1.29, 1.82) is 0 Å². The van der Waals surface area contributed by atoms with E-state index in [4.69, 9.17) is 9.47 Å². The molecule has 1 aliphatic heterocycles. The summed E-state index contributed by atoms with van der Waals surface area (Å²) in [6.45, 7) is 5.84. The van der Waals surface area contributed by atoms with Gasteiger partial charge in [-0.2, -0.15) is 0 Å². The van der Waals surface area contributed by atoms with E-state index in [1.54, 1.807) is 7.11 Å². The molecule has 3 rings (SSSR count). The largest absolute Gasteiger partial charge is 0.458 e. The Balaban J connectivity index is 2.13. The van der Waals surface area contributed by atoms with Gasteiger partial charge in [-0.25, -0.2) is 0 Å². The van der Waals surface area contributed by atoms with Gasteiger partial charge in [-0.05, 0) is 38.3 Å². The van der Waals surface area contributed by atoms with Crippen LogP contribution in [0.3, 0.4) is 0 Å². The number of hydrogen-bond acceptors (Lipinski definition) is 4. The van der Waals surface area contributed by atoms with Gasteiger partial charge >= 0.3 is 5.97 Å². The Kier molecular flexibility index (Phi) is 3.07. The van der Waals surface area contributed by atoms with E-state index < -0.39 is 11.7 Å². The Labute approximate surface area is 119 Å². The molecule has 0 unspecified atom stereocenters. The van der Waals surface area contributed by atoms with Crippen LogP contribution in [0, 0.1) is 11.8 Å². The first kappa shape index (κ1) is 13.8. The summed E-state index contributed by atoms with van der Waals surface area (Å²) in [6.07, 6.45) is 3.00. The highest BCUT2D eigenvalue weighted by Gasteiger charge is 2.59. The third kappa shape index (κ3) is 1.58. The number of fused-ring (bicyclic) bond motifs is 3. The van der Waals surface area contributed by atoms with Crippen molar-refractivity contribution in [3.05, 3.63) is 22.8 Å². The summed E-state index contributed by atoms with van der Waals surface area (Å²) in [5, 5.41) is 11.4. The molecule has 5 atom stereocenters. The standard InChI is InChI=1S/C16H22O4/c1-8-5-6-11-10(3)15(17)20-14(11)16(18)9(2)7-12(19-4)13(8)16/h7,10-12,14,18H,5-6H2,1-4H3/t10-,11+,12+,14+,16-/m1/s1. The van der Waals surface area contributed by atoms with Crippen LogP contribution in [0.15, 0.2) is 22.8 Å². The molecule has 0 aromatic rings. The Bertz CT molecular complexity index is 519. The van der Waals surface area contributed by atoms with Gasteiger partial charge in [-0.15, -0.1) is 0 Å². The van der Waals surface area contributed by atoms with Crippen LogP contribution >= 0.6 is 0 Å². The third-order valence-corrected chi connectivity index (χ3v) is 5.32. The minimum Gasteiger partial charge on any atom is -0.458 e. The average Bonchev–Trinajstić information content (AvgIpc) is 2.80. The lowest BCUT2D eigenvalue weighted by atomic mass is 9.77. The van der Waals surface area contributed by atoms with Gasteiger partial charge in [0.25, 0.3) is 0 Å². The maximum atomic E-state index is 11.9. The van der Waals surface area contributed by atoms with E-state index in [9.17, 15) is 9.90 Å². The zero-order valence-electron chi connectivity index (χ0n) is 12.5. The SMILES string of the molecule is CO[C@H]1C=C(C)[C@@]2(O)C1=C(C)CC[C@H]1[C@@H](C)C(=O)O[C@@H]12. The molecule has 0 aromatic heterocycles. The lowest BCUT2D eigenvalue weighted by molar-refractivity contribution is -0.150. The van der Waals surface area contributed by atoms with E-state index in [1.807, 2.05) is 26.8 Å². The fourth-order valence-electron chi connectivity index (χ4n) is 4.07. The van der Waals surface area contributed by atoms with Gasteiger partial charge in [0.05, 0.1) is 5.92 Å². The van der Waals surface area contributed by atoms with Crippen molar-refractivity contribution in [2.75, 3.05) is 7.11 Å². The van der Waals surface area contributed by atoms with Crippen LogP contribution in [0.5, 0.6) is 0 Å². The maximum absolute atomic E-state index is 11.9. The van der Waals surface area contributed by atoms with E-state index in [1.165, 1.54) is 0 Å². The summed E-state index contributed by atoms with van der Waals surface area (Å²) in [5.41, 5.74) is 1.68. The maximum Gasteiger partial charge on any atom is 0.309 e. The second kappa shape index (κ2) is 4.43. The van der Waals surface area contributed by atoms with E-state index in [0.717, 1.165) is 29.6 Å². The molecule has 110 valence electrons. The first-order valence-corrected chi connectivity index (χ1v) is 7.26. The molecule has 0 bridgehead atoms. The number of ether oxygens (including phenoxy) is 2. The molecule has 1 N–H and O–H groups in total. The van der Waals surface area contributed by atoms with Crippen molar-refractivity contribution in [2.24, 2.45) is 11.8 Å².